The molecule has 2 aromatic heterocycles. The average Bonchev–Trinajstić information content (AvgIpc) is 2.60. The Hall–Kier alpha value is -3.29. The zero-order valence-electron chi connectivity index (χ0n) is 14.5. The second kappa shape index (κ2) is 6.91. The second-order valence-electron chi connectivity index (χ2n) is 5.99. The summed E-state index contributed by atoms with van der Waals surface area (Å²) in [5.74, 6) is 0.166. The van der Waals surface area contributed by atoms with Crippen LogP contribution >= 0.6 is 0 Å². The van der Waals surface area contributed by atoms with Crippen molar-refractivity contribution in [2.24, 2.45) is 0 Å². The van der Waals surface area contributed by atoms with E-state index >= 15 is 0 Å². The number of ether oxygens (including phenoxy) is 1. The van der Waals surface area contributed by atoms with Gasteiger partial charge in [0.25, 0.3) is 0 Å². The molecule has 0 spiro atoms. The number of anilines is 1. The Morgan fingerprint density at radius 2 is 1.96 bits per heavy atom. The van der Waals surface area contributed by atoms with Crippen LogP contribution in [0.2, 0.25) is 0 Å². The number of fused-ring (bicyclic) bond motifs is 1. The number of carboxylic acid groups (broad SMARTS) is 1. The van der Waals surface area contributed by atoms with Crippen LogP contribution in [0.5, 0.6) is 5.75 Å². The van der Waals surface area contributed by atoms with E-state index in [2.05, 4.69) is 19.7 Å². The zero-order chi connectivity index (χ0) is 18.8. The van der Waals surface area contributed by atoms with Gasteiger partial charge in [-0.2, -0.15) is 4.39 Å². The molecule has 3 aromatic rings. The molecule has 1 aromatic carbocycles. The lowest BCUT2D eigenvalue weighted by Crippen LogP contribution is -2.27. The van der Waals surface area contributed by atoms with Gasteiger partial charge in [0.15, 0.2) is 5.82 Å². The molecule has 3 rings (SSSR count). The third-order valence-corrected chi connectivity index (χ3v) is 3.93. The predicted octanol–water partition coefficient (Wildman–Crippen LogP) is 3.73. The molecule has 26 heavy (non-hydrogen) atoms. The molecular weight excluding hydrogens is 339 g/mol. The summed E-state index contributed by atoms with van der Waals surface area (Å²) in [4.78, 5) is 25.6. The fraction of sp³-hybridized carbons (Fsp3) is 0.222. The number of carbonyl (C=O) groups is 1. The van der Waals surface area contributed by atoms with Crippen molar-refractivity contribution in [1.82, 2.24) is 15.0 Å². The van der Waals surface area contributed by atoms with E-state index < -0.39 is 12.1 Å². The van der Waals surface area contributed by atoms with Crippen LogP contribution in [-0.2, 0) is 0 Å². The van der Waals surface area contributed by atoms with Gasteiger partial charge in [-0.3, -0.25) is 0 Å². The topological polar surface area (TPSA) is 88.4 Å². The largest absolute Gasteiger partial charge is 0.511 e. The van der Waals surface area contributed by atoms with Crippen LogP contribution in [0.1, 0.15) is 13.8 Å². The molecule has 0 aliphatic heterocycles. The van der Waals surface area contributed by atoms with Crippen molar-refractivity contribution in [2.75, 3.05) is 11.9 Å². The van der Waals surface area contributed by atoms with Crippen molar-refractivity contribution in [1.29, 1.82) is 0 Å². The van der Waals surface area contributed by atoms with E-state index in [0.29, 0.717) is 28.1 Å². The summed E-state index contributed by atoms with van der Waals surface area (Å²) in [5, 5.41) is 8.77. The summed E-state index contributed by atoms with van der Waals surface area (Å²) in [7, 11) is 1.87. The summed E-state index contributed by atoms with van der Waals surface area (Å²) in [5.41, 5.74) is 2.25. The van der Waals surface area contributed by atoms with E-state index in [1.807, 2.05) is 25.8 Å². The van der Waals surface area contributed by atoms with E-state index in [9.17, 15) is 9.18 Å². The minimum atomic E-state index is -1.40. The fourth-order valence-corrected chi connectivity index (χ4v) is 2.39. The van der Waals surface area contributed by atoms with Gasteiger partial charge in [0.05, 0.1) is 11.0 Å². The number of nitrogens with zero attached hydrogens (tertiary/aromatic N) is 4. The lowest BCUT2D eigenvalue weighted by molar-refractivity contribution is 0.144. The van der Waals surface area contributed by atoms with Crippen LogP contribution in [0, 0.1) is 5.95 Å². The summed E-state index contributed by atoms with van der Waals surface area (Å²) in [6.07, 6.45) is 0.0101. The first-order chi connectivity index (χ1) is 12.3. The SMILES string of the molecule is CC(C)N(C)c1nc2cc(OC(=O)O)ccc2nc1-c1ccc(F)nc1. The molecule has 0 aliphatic rings. The van der Waals surface area contributed by atoms with Crippen molar-refractivity contribution in [2.45, 2.75) is 19.9 Å². The van der Waals surface area contributed by atoms with Crippen LogP contribution in [0.25, 0.3) is 22.3 Å². The molecule has 8 heteroatoms. The normalized spacial score (nSPS) is 11.0. The lowest BCUT2D eigenvalue weighted by Gasteiger charge is -2.25. The first-order valence-electron chi connectivity index (χ1n) is 7.92. The number of hydrogen-bond donors (Lipinski definition) is 1. The molecule has 0 amide bonds. The van der Waals surface area contributed by atoms with Crippen LogP contribution in [-0.4, -0.2) is 39.3 Å². The van der Waals surface area contributed by atoms with Gasteiger partial charge in [0.1, 0.15) is 11.4 Å². The van der Waals surface area contributed by atoms with Gasteiger partial charge in [-0.1, -0.05) is 0 Å². The van der Waals surface area contributed by atoms with Gasteiger partial charge in [-0.15, -0.1) is 0 Å². The smallest absolute Gasteiger partial charge is 0.449 e. The van der Waals surface area contributed by atoms with Gasteiger partial charge in [0.2, 0.25) is 5.95 Å². The Balaban J connectivity index is 2.19. The van der Waals surface area contributed by atoms with Crippen LogP contribution in [0.3, 0.4) is 0 Å². The highest BCUT2D eigenvalue weighted by Gasteiger charge is 2.18. The highest BCUT2D eigenvalue weighted by Crippen LogP contribution is 2.31. The summed E-state index contributed by atoms with van der Waals surface area (Å²) >= 11 is 0. The van der Waals surface area contributed by atoms with Gasteiger partial charge >= 0.3 is 6.16 Å². The molecule has 0 fully saturated rings. The van der Waals surface area contributed by atoms with E-state index in [0.717, 1.165) is 0 Å². The number of halogens is 1. The van der Waals surface area contributed by atoms with Crippen LogP contribution in [0.4, 0.5) is 15.0 Å². The highest BCUT2D eigenvalue weighted by molar-refractivity contribution is 5.84. The molecule has 0 radical (unpaired) electrons. The average molecular weight is 356 g/mol. The second-order valence-corrected chi connectivity index (χ2v) is 5.99. The van der Waals surface area contributed by atoms with E-state index in [4.69, 9.17) is 5.11 Å². The number of aromatic nitrogens is 3. The fourth-order valence-electron chi connectivity index (χ4n) is 2.39. The Morgan fingerprint density at radius 3 is 2.58 bits per heavy atom. The minimum absolute atomic E-state index is 0.132. The molecule has 0 atom stereocenters. The number of pyridine rings is 1. The lowest BCUT2D eigenvalue weighted by atomic mass is 10.1. The summed E-state index contributed by atoms with van der Waals surface area (Å²) in [6.45, 7) is 4.01. The Kier molecular flexibility index (Phi) is 4.66. The van der Waals surface area contributed by atoms with Crippen molar-refractivity contribution in [3.05, 3.63) is 42.5 Å². The quantitative estimate of drug-likeness (QED) is 0.433. The first-order valence-corrected chi connectivity index (χ1v) is 7.92. The molecule has 0 bridgehead atoms. The molecule has 0 saturated carbocycles. The Morgan fingerprint density at radius 1 is 1.19 bits per heavy atom. The first kappa shape index (κ1) is 17.5. The molecule has 0 aliphatic carbocycles. The van der Waals surface area contributed by atoms with E-state index in [-0.39, 0.29) is 11.8 Å². The molecule has 134 valence electrons. The van der Waals surface area contributed by atoms with Crippen LogP contribution in [0.15, 0.2) is 36.5 Å². The third kappa shape index (κ3) is 3.53. The molecular formula is C18H17FN4O3. The van der Waals surface area contributed by atoms with E-state index in [1.54, 1.807) is 12.1 Å². The van der Waals surface area contributed by atoms with Crippen molar-refractivity contribution in [3.8, 4) is 17.0 Å². The van der Waals surface area contributed by atoms with Gasteiger partial charge in [0, 0.05) is 30.9 Å². The molecule has 0 unspecified atom stereocenters. The third-order valence-electron chi connectivity index (χ3n) is 3.93. The monoisotopic (exact) mass is 356 g/mol. The standard InChI is InChI=1S/C18H17FN4O3/c1-10(2)23(3)17-16(11-4-7-15(19)20-9-11)21-13-6-5-12(26-18(24)25)8-14(13)22-17/h4-10H,1-3H3,(H,24,25). The minimum Gasteiger partial charge on any atom is -0.449 e. The highest BCUT2D eigenvalue weighted by atomic mass is 19.1. The van der Waals surface area contributed by atoms with Gasteiger partial charge in [-0.05, 0) is 38.1 Å². The molecule has 1 N–H and O–H groups in total. The van der Waals surface area contributed by atoms with E-state index in [1.165, 1.54) is 24.4 Å². The summed E-state index contributed by atoms with van der Waals surface area (Å²) < 4.78 is 17.9. The van der Waals surface area contributed by atoms with Crippen LogP contribution < -0.4 is 9.64 Å². The Bertz CT molecular complexity index is 961. The van der Waals surface area contributed by atoms with Crippen molar-refractivity contribution >= 4 is 23.0 Å². The van der Waals surface area contributed by atoms with Gasteiger partial charge < -0.3 is 14.7 Å². The molecule has 0 saturated heterocycles. The molecule has 7 nitrogen and oxygen atoms in total. The maximum atomic E-state index is 13.2. The summed E-state index contributed by atoms with van der Waals surface area (Å²) in [6, 6.07) is 7.64. The maximum Gasteiger partial charge on any atom is 0.511 e. The Labute approximate surface area is 149 Å². The van der Waals surface area contributed by atoms with Crippen molar-refractivity contribution in [3.63, 3.8) is 0 Å². The number of hydrogen-bond acceptors (Lipinski definition) is 6. The van der Waals surface area contributed by atoms with Gasteiger partial charge in [-0.25, -0.2) is 19.7 Å². The zero-order valence-corrected chi connectivity index (χ0v) is 14.5. The predicted molar refractivity (Wildman–Crippen MR) is 94.9 cm³/mol. The van der Waals surface area contributed by atoms with Crippen molar-refractivity contribution < 1.29 is 19.0 Å². The maximum absolute atomic E-state index is 13.2. The number of benzene rings is 1. The molecule has 2 heterocycles. The number of rotatable bonds is 4.